The molecule has 4 nitrogen and oxygen atoms in total. The van der Waals surface area contributed by atoms with Gasteiger partial charge in [0.25, 0.3) is 0 Å². The molecule has 2 N–H and O–H groups in total. The zero-order valence-electron chi connectivity index (χ0n) is 11.6. The predicted molar refractivity (Wildman–Crippen MR) is 71.4 cm³/mol. The Morgan fingerprint density at radius 1 is 1.39 bits per heavy atom. The van der Waals surface area contributed by atoms with Gasteiger partial charge in [-0.25, -0.2) is 0 Å². The summed E-state index contributed by atoms with van der Waals surface area (Å²) in [6.07, 6.45) is 6.48. The van der Waals surface area contributed by atoms with Crippen LogP contribution in [0.25, 0.3) is 0 Å². The Balaban J connectivity index is 1.70. The Hall–Kier alpha value is -0.610. The highest BCUT2D eigenvalue weighted by Gasteiger charge is 2.34. The summed E-state index contributed by atoms with van der Waals surface area (Å²) in [5.74, 6) is 0.0532. The Morgan fingerprint density at radius 3 is 2.67 bits per heavy atom. The number of ether oxygens (including phenoxy) is 1. The lowest BCUT2D eigenvalue weighted by Crippen LogP contribution is -2.50. The first kappa shape index (κ1) is 13.8. The molecule has 0 radical (unpaired) electrons. The first-order valence-corrected chi connectivity index (χ1v) is 7.37. The molecule has 0 aromatic rings. The first-order chi connectivity index (χ1) is 8.69. The number of piperidine rings is 1. The summed E-state index contributed by atoms with van der Waals surface area (Å²) in [5.41, 5.74) is 0. The third-order valence-electron chi connectivity index (χ3n) is 4.05. The standard InChI is InChI=1S/C14H26N2O2/c1-3-4-7-18-10(2)14(17)16-13-8-11-5-6-12(9-13)15-11/h10-13,15H,3-9H2,1-2H3,(H,16,17). The lowest BCUT2D eigenvalue weighted by atomic mass is 9.99. The second kappa shape index (κ2) is 6.53. The van der Waals surface area contributed by atoms with Crippen LogP contribution in [-0.2, 0) is 9.53 Å². The predicted octanol–water partition coefficient (Wildman–Crippen LogP) is 1.59. The van der Waals surface area contributed by atoms with Gasteiger partial charge < -0.3 is 15.4 Å². The minimum Gasteiger partial charge on any atom is -0.369 e. The lowest BCUT2D eigenvalue weighted by molar-refractivity contribution is -0.132. The Morgan fingerprint density at radius 2 is 2.06 bits per heavy atom. The molecule has 2 heterocycles. The topological polar surface area (TPSA) is 50.4 Å². The van der Waals surface area contributed by atoms with Gasteiger partial charge in [0.2, 0.25) is 5.91 Å². The van der Waals surface area contributed by atoms with Crippen LogP contribution in [0.2, 0.25) is 0 Å². The Kier molecular flexibility index (Phi) is 5.01. The third-order valence-corrected chi connectivity index (χ3v) is 4.05. The molecule has 2 aliphatic rings. The van der Waals surface area contributed by atoms with E-state index < -0.39 is 0 Å². The number of hydrogen-bond acceptors (Lipinski definition) is 3. The minimum absolute atomic E-state index is 0.0532. The minimum atomic E-state index is -0.316. The van der Waals surface area contributed by atoms with Crippen molar-refractivity contribution in [3.63, 3.8) is 0 Å². The molecule has 1 amide bonds. The number of amides is 1. The fourth-order valence-corrected chi connectivity index (χ4v) is 2.97. The van der Waals surface area contributed by atoms with E-state index in [0.29, 0.717) is 24.7 Å². The molecule has 2 rings (SSSR count). The molecule has 2 aliphatic heterocycles. The zero-order chi connectivity index (χ0) is 13.0. The van der Waals surface area contributed by atoms with Crippen LogP contribution in [0.1, 0.15) is 52.4 Å². The highest BCUT2D eigenvalue weighted by molar-refractivity contribution is 5.80. The van der Waals surface area contributed by atoms with Crippen LogP contribution in [0.15, 0.2) is 0 Å². The van der Waals surface area contributed by atoms with E-state index in [4.69, 9.17) is 4.74 Å². The van der Waals surface area contributed by atoms with Gasteiger partial charge in [-0.05, 0) is 39.0 Å². The van der Waals surface area contributed by atoms with E-state index in [1.807, 2.05) is 6.92 Å². The van der Waals surface area contributed by atoms with Crippen LogP contribution in [0.3, 0.4) is 0 Å². The molecule has 104 valence electrons. The summed E-state index contributed by atoms with van der Waals surface area (Å²) < 4.78 is 5.53. The molecule has 18 heavy (non-hydrogen) atoms. The maximum absolute atomic E-state index is 12.0. The fraction of sp³-hybridized carbons (Fsp3) is 0.929. The molecule has 3 atom stereocenters. The van der Waals surface area contributed by atoms with Gasteiger partial charge in [0.05, 0.1) is 0 Å². The molecular formula is C14H26N2O2. The van der Waals surface area contributed by atoms with Crippen molar-refractivity contribution in [1.29, 1.82) is 0 Å². The van der Waals surface area contributed by atoms with E-state index >= 15 is 0 Å². The smallest absolute Gasteiger partial charge is 0.249 e. The van der Waals surface area contributed by atoms with Gasteiger partial charge in [-0.15, -0.1) is 0 Å². The Labute approximate surface area is 110 Å². The number of unbranched alkanes of at least 4 members (excludes halogenated alkanes) is 1. The summed E-state index contributed by atoms with van der Waals surface area (Å²) in [4.78, 5) is 12.0. The quantitative estimate of drug-likeness (QED) is 0.708. The average molecular weight is 254 g/mol. The van der Waals surface area contributed by atoms with Crippen LogP contribution < -0.4 is 10.6 Å². The molecule has 0 saturated carbocycles. The zero-order valence-corrected chi connectivity index (χ0v) is 11.6. The molecule has 0 aromatic heterocycles. The highest BCUT2D eigenvalue weighted by Crippen LogP contribution is 2.26. The molecule has 0 aromatic carbocycles. The number of fused-ring (bicyclic) bond motifs is 2. The molecule has 0 spiro atoms. The van der Waals surface area contributed by atoms with E-state index in [-0.39, 0.29) is 12.0 Å². The van der Waals surface area contributed by atoms with Crippen molar-refractivity contribution in [3.8, 4) is 0 Å². The number of rotatable bonds is 6. The maximum atomic E-state index is 12.0. The van der Waals surface area contributed by atoms with Crippen molar-refractivity contribution in [2.45, 2.75) is 76.6 Å². The normalized spacial score (nSPS) is 32.2. The summed E-state index contributed by atoms with van der Waals surface area (Å²) in [7, 11) is 0. The first-order valence-electron chi connectivity index (χ1n) is 7.37. The van der Waals surface area contributed by atoms with Crippen LogP contribution >= 0.6 is 0 Å². The molecule has 4 heteroatoms. The average Bonchev–Trinajstić information content (AvgIpc) is 2.69. The van der Waals surface area contributed by atoms with Crippen molar-refractivity contribution >= 4 is 5.91 Å². The number of carbonyl (C=O) groups is 1. The van der Waals surface area contributed by atoms with Crippen LogP contribution in [0, 0.1) is 0 Å². The van der Waals surface area contributed by atoms with Gasteiger partial charge in [-0.3, -0.25) is 4.79 Å². The van der Waals surface area contributed by atoms with Crippen molar-refractivity contribution in [2.75, 3.05) is 6.61 Å². The fourth-order valence-electron chi connectivity index (χ4n) is 2.97. The van der Waals surface area contributed by atoms with Gasteiger partial charge in [0, 0.05) is 24.7 Å². The van der Waals surface area contributed by atoms with E-state index in [1.54, 1.807) is 0 Å². The SMILES string of the molecule is CCCCOC(C)C(=O)NC1CC2CCC(C1)N2. The number of nitrogens with one attached hydrogen (secondary N) is 2. The maximum Gasteiger partial charge on any atom is 0.249 e. The van der Waals surface area contributed by atoms with Crippen LogP contribution in [0.4, 0.5) is 0 Å². The van der Waals surface area contributed by atoms with E-state index in [0.717, 1.165) is 25.7 Å². The summed E-state index contributed by atoms with van der Waals surface area (Å²) in [5, 5.41) is 6.72. The third kappa shape index (κ3) is 3.69. The number of hydrogen-bond donors (Lipinski definition) is 2. The largest absolute Gasteiger partial charge is 0.369 e. The monoisotopic (exact) mass is 254 g/mol. The van der Waals surface area contributed by atoms with Crippen molar-refractivity contribution < 1.29 is 9.53 Å². The Bertz CT molecular complexity index is 271. The van der Waals surface area contributed by atoms with Crippen LogP contribution in [0.5, 0.6) is 0 Å². The van der Waals surface area contributed by atoms with E-state index in [9.17, 15) is 4.79 Å². The molecule has 2 saturated heterocycles. The van der Waals surface area contributed by atoms with E-state index in [2.05, 4.69) is 17.6 Å². The second-order valence-electron chi connectivity index (χ2n) is 5.68. The molecule has 2 fully saturated rings. The van der Waals surface area contributed by atoms with Gasteiger partial charge in [0.1, 0.15) is 6.10 Å². The van der Waals surface area contributed by atoms with E-state index in [1.165, 1.54) is 12.8 Å². The second-order valence-corrected chi connectivity index (χ2v) is 5.68. The molecule has 0 aliphatic carbocycles. The summed E-state index contributed by atoms with van der Waals surface area (Å²) in [6.45, 7) is 4.65. The van der Waals surface area contributed by atoms with Gasteiger partial charge in [0.15, 0.2) is 0 Å². The molecular weight excluding hydrogens is 228 g/mol. The van der Waals surface area contributed by atoms with Crippen molar-refractivity contribution in [3.05, 3.63) is 0 Å². The summed E-state index contributed by atoms with van der Waals surface area (Å²) in [6, 6.07) is 1.57. The van der Waals surface area contributed by atoms with Gasteiger partial charge in [-0.2, -0.15) is 0 Å². The van der Waals surface area contributed by atoms with Crippen LogP contribution in [-0.4, -0.2) is 36.7 Å². The van der Waals surface area contributed by atoms with Gasteiger partial charge in [-0.1, -0.05) is 13.3 Å². The van der Waals surface area contributed by atoms with Crippen molar-refractivity contribution in [2.24, 2.45) is 0 Å². The van der Waals surface area contributed by atoms with Crippen molar-refractivity contribution in [1.82, 2.24) is 10.6 Å². The summed E-state index contributed by atoms with van der Waals surface area (Å²) >= 11 is 0. The molecule has 2 bridgehead atoms. The van der Waals surface area contributed by atoms with Gasteiger partial charge >= 0.3 is 0 Å². The lowest BCUT2D eigenvalue weighted by Gasteiger charge is -2.30. The molecule has 3 unspecified atom stereocenters. The number of carbonyl (C=O) groups excluding carboxylic acids is 1. The highest BCUT2D eigenvalue weighted by atomic mass is 16.5.